The number of aryl methyl sites for hydroxylation is 1. The van der Waals surface area contributed by atoms with Crippen molar-refractivity contribution in [2.24, 2.45) is 7.05 Å². The fourth-order valence-corrected chi connectivity index (χ4v) is 1.56. The first kappa shape index (κ1) is 9.15. The Morgan fingerprint density at radius 3 is 2.93 bits per heavy atom. The second-order valence-corrected chi connectivity index (χ2v) is 3.20. The van der Waals surface area contributed by atoms with Crippen molar-refractivity contribution in [2.75, 3.05) is 6.67 Å². The Hall–Kier alpha value is -1.42. The molecule has 1 atom stereocenters. The Labute approximate surface area is 80.8 Å². The molecular formula is C10H11FN2O. The third-order valence-electron chi connectivity index (χ3n) is 2.25. The van der Waals surface area contributed by atoms with Crippen molar-refractivity contribution >= 4 is 10.9 Å². The molecule has 0 saturated carbocycles. The summed E-state index contributed by atoms with van der Waals surface area (Å²) in [4.78, 5) is 0. The zero-order chi connectivity index (χ0) is 10.1. The van der Waals surface area contributed by atoms with E-state index in [1.807, 2.05) is 24.3 Å². The van der Waals surface area contributed by atoms with Gasteiger partial charge in [0, 0.05) is 12.4 Å². The van der Waals surface area contributed by atoms with Gasteiger partial charge in [-0.2, -0.15) is 5.10 Å². The molecule has 2 rings (SSSR count). The summed E-state index contributed by atoms with van der Waals surface area (Å²) in [5.41, 5.74) is 1.31. The normalized spacial score (nSPS) is 13.4. The van der Waals surface area contributed by atoms with E-state index in [-0.39, 0.29) is 0 Å². The van der Waals surface area contributed by atoms with Crippen LogP contribution in [-0.2, 0) is 7.05 Å². The molecule has 1 N–H and O–H groups in total. The second-order valence-electron chi connectivity index (χ2n) is 3.20. The van der Waals surface area contributed by atoms with Crippen molar-refractivity contribution in [3.05, 3.63) is 30.0 Å². The van der Waals surface area contributed by atoms with Crippen LogP contribution in [0.2, 0.25) is 0 Å². The van der Waals surface area contributed by atoms with Gasteiger partial charge in [-0.25, -0.2) is 4.39 Å². The van der Waals surface area contributed by atoms with E-state index in [0.717, 1.165) is 10.9 Å². The van der Waals surface area contributed by atoms with Crippen LogP contribution in [0.1, 0.15) is 11.8 Å². The van der Waals surface area contributed by atoms with Gasteiger partial charge in [-0.15, -0.1) is 0 Å². The number of aliphatic hydroxyl groups is 1. The minimum Gasteiger partial charge on any atom is -0.384 e. The summed E-state index contributed by atoms with van der Waals surface area (Å²) in [5, 5.41) is 14.3. The highest BCUT2D eigenvalue weighted by atomic mass is 19.1. The highest BCUT2D eigenvalue weighted by molar-refractivity contribution is 5.82. The van der Waals surface area contributed by atoms with Crippen molar-refractivity contribution in [1.29, 1.82) is 0 Å². The smallest absolute Gasteiger partial charge is 0.127 e. The van der Waals surface area contributed by atoms with Crippen LogP contribution in [0, 0.1) is 0 Å². The lowest BCUT2D eigenvalue weighted by Crippen LogP contribution is -2.01. The van der Waals surface area contributed by atoms with Crippen molar-refractivity contribution in [3.63, 3.8) is 0 Å². The Morgan fingerprint density at radius 1 is 1.50 bits per heavy atom. The fraction of sp³-hybridized carbons (Fsp3) is 0.300. The largest absolute Gasteiger partial charge is 0.384 e. The minimum absolute atomic E-state index is 0.408. The van der Waals surface area contributed by atoms with E-state index in [9.17, 15) is 9.50 Å². The monoisotopic (exact) mass is 194 g/mol. The van der Waals surface area contributed by atoms with E-state index < -0.39 is 12.8 Å². The van der Waals surface area contributed by atoms with E-state index in [2.05, 4.69) is 5.10 Å². The zero-order valence-electron chi connectivity index (χ0n) is 7.81. The molecule has 0 aliphatic heterocycles. The molecule has 0 aliphatic carbocycles. The summed E-state index contributed by atoms with van der Waals surface area (Å²) in [6.07, 6.45) is -1.12. The molecular weight excluding hydrogens is 183 g/mol. The molecule has 0 fully saturated rings. The Kier molecular flexibility index (Phi) is 2.21. The first-order chi connectivity index (χ1) is 6.74. The Balaban J connectivity index is 2.66. The van der Waals surface area contributed by atoms with Crippen LogP contribution in [0.4, 0.5) is 4.39 Å². The van der Waals surface area contributed by atoms with Crippen molar-refractivity contribution in [3.8, 4) is 0 Å². The number of fused-ring (bicyclic) bond motifs is 1. The molecule has 1 aromatic heterocycles. The predicted molar refractivity (Wildman–Crippen MR) is 51.6 cm³/mol. The SMILES string of the molecule is Cn1nc(C(O)CF)c2ccccc21. The molecule has 0 aliphatic rings. The predicted octanol–water partition coefficient (Wildman–Crippen LogP) is 1.58. The number of halogens is 1. The molecule has 1 aromatic carbocycles. The number of rotatable bonds is 2. The van der Waals surface area contributed by atoms with Gasteiger partial charge < -0.3 is 5.11 Å². The molecule has 0 saturated heterocycles. The van der Waals surface area contributed by atoms with Crippen molar-refractivity contribution in [2.45, 2.75) is 6.10 Å². The third-order valence-corrected chi connectivity index (χ3v) is 2.25. The first-order valence-corrected chi connectivity index (χ1v) is 4.39. The summed E-state index contributed by atoms with van der Waals surface area (Å²) in [6.45, 7) is -0.805. The van der Waals surface area contributed by atoms with E-state index in [1.54, 1.807) is 11.7 Å². The van der Waals surface area contributed by atoms with Crippen LogP contribution < -0.4 is 0 Å². The second kappa shape index (κ2) is 3.38. The number of alkyl halides is 1. The summed E-state index contributed by atoms with van der Waals surface area (Å²) < 4.78 is 14.0. The van der Waals surface area contributed by atoms with E-state index in [1.165, 1.54) is 0 Å². The number of aliphatic hydroxyl groups excluding tert-OH is 1. The van der Waals surface area contributed by atoms with Gasteiger partial charge in [0.05, 0.1) is 5.52 Å². The van der Waals surface area contributed by atoms with Gasteiger partial charge in [-0.05, 0) is 6.07 Å². The van der Waals surface area contributed by atoms with Crippen LogP contribution in [-0.4, -0.2) is 21.6 Å². The maximum atomic E-state index is 12.3. The Bertz CT molecular complexity index is 452. The van der Waals surface area contributed by atoms with Crippen molar-refractivity contribution < 1.29 is 9.50 Å². The lowest BCUT2D eigenvalue weighted by Gasteiger charge is -2.00. The summed E-state index contributed by atoms with van der Waals surface area (Å²) >= 11 is 0. The molecule has 2 aromatic rings. The summed E-state index contributed by atoms with van der Waals surface area (Å²) in [6, 6.07) is 7.45. The summed E-state index contributed by atoms with van der Waals surface area (Å²) in [5.74, 6) is 0. The van der Waals surface area contributed by atoms with Gasteiger partial charge in [0.25, 0.3) is 0 Å². The maximum Gasteiger partial charge on any atom is 0.127 e. The molecule has 4 heteroatoms. The Morgan fingerprint density at radius 2 is 2.21 bits per heavy atom. The molecule has 14 heavy (non-hydrogen) atoms. The average Bonchev–Trinajstić information content (AvgIpc) is 2.56. The molecule has 0 spiro atoms. The number of benzene rings is 1. The standard InChI is InChI=1S/C10H11FN2O/c1-13-8-5-3-2-4-7(8)10(12-13)9(14)6-11/h2-5,9,14H,6H2,1H3. The van der Waals surface area contributed by atoms with Gasteiger partial charge >= 0.3 is 0 Å². The maximum absolute atomic E-state index is 12.3. The molecule has 0 bridgehead atoms. The summed E-state index contributed by atoms with van der Waals surface area (Å²) in [7, 11) is 1.77. The van der Waals surface area contributed by atoms with Crippen molar-refractivity contribution in [1.82, 2.24) is 9.78 Å². The topological polar surface area (TPSA) is 38.0 Å². The van der Waals surface area contributed by atoms with Crippen LogP contribution in [0.25, 0.3) is 10.9 Å². The van der Waals surface area contributed by atoms with Crippen LogP contribution in [0.5, 0.6) is 0 Å². The molecule has 3 nitrogen and oxygen atoms in total. The number of hydrogen-bond donors (Lipinski definition) is 1. The highest BCUT2D eigenvalue weighted by Gasteiger charge is 2.15. The fourth-order valence-electron chi connectivity index (χ4n) is 1.56. The van der Waals surface area contributed by atoms with Gasteiger partial charge in [0.1, 0.15) is 18.5 Å². The van der Waals surface area contributed by atoms with E-state index >= 15 is 0 Å². The van der Waals surface area contributed by atoms with Crippen LogP contribution >= 0.6 is 0 Å². The van der Waals surface area contributed by atoms with Crippen LogP contribution in [0.15, 0.2) is 24.3 Å². The molecule has 0 radical (unpaired) electrons. The van der Waals surface area contributed by atoms with Crippen LogP contribution in [0.3, 0.4) is 0 Å². The molecule has 74 valence electrons. The van der Waals surface area contributed by atoms with E-state index in [0.29, 0.717) is 5.69 Å². The number of hydrogen-bond acceptors (Lipinski definition) is 2. The lowest BCUT2D eigenvalue weighted by atomic mass is 10.1. The van der Waals surface area contributed by atoms with Gasteiger partial charge in [0.15, 0.2) is 0 Å². The molecule has 1 heterocycles. The van der Waals surface area contributed by atoms with E-state index in [4.69, 9.17) is 0 Å². The number of nitrogens with zero attached hydrogens (tertiary/aromatic N) is 2. The number of para-hydroxylation sites is 1. The first-order valence-electron chi connectivity index (χ1n) is 4.39. The zero-order valence-corrected chi connectivity index (χ0v) is 7.81. The number of aromatic nitrogens is 2. The van der Waals surface area contributed by atoms with Gasteiger partial charge in [-0.3, -0.25) is 4.68 Å². The highest BCUT2D eigenvalue weighted by Crippen LogP contribution is 2.22. The minimum atomic E-state index is -1.12. The van der Waals surface area contributed by atoms with Gasteiger partial charge in [0.2, 0.25) is 0 Å². The third kappa shape index (κ3) is 1.28. The molecule has 0 amide bonds. The average molecular weight is 194 g/mol. The quantitative estimate of drug-likeness (QED) is 0.788. The lowest BCUT2D eigenvalue weighted by molar-refractivity contribution is 0.138. The molecule has 1 unspecified atom stereocenters. The van der Waals surface area contributed by atoms with Gasteiger partial charge in [-0.1, -0.05) is 18.2 Å².